The number of carbonyl (C=O) groups is 1. The minimum Gasteiger partial charge on any atom is -0.488 e. The van der Waals surface area contributed by atoms with Crippen LogP contribution in [0.1, 0.15) is 32.9 Å². The van der Waals surface area contributed by atoms with Gasteiger partial charge in [0, 0.05) is 37.3 Å². The van der Waals surface area contributed by atoms with E-state index in [9.17, 15) is 9.59 Å². The third-order valence-corrected chi connectivity index (χ3v) is 3.69. The number of nitrogens with one attached hydrogen (secondary N) is 1. The molecule has 2 heterocycles. The smallest absolute Gasteiger partial charge is 0.317 e. The molecule has 22 heavy (non-hydrogen) atoms. The predicted molar refractivity (Wildman–Crippen MR) is 85.3 cm³/mol. The van der Waals surface area contributed by atoms with E-state index in [2.05, 4.69) is 5.32 Å². The normalized spacial score (nSPS) is 18.4. The first-order chi connectivity index (χ1) is 10.2. The standard InChI is InChI=1S/C16H25N3O3/c1-11-8-13(9-14(20)18(11)5)22-12-6-7-19(10-12)15(21)17-16(2,3)4/h8-9,12H,6-7,10H2,1-5H3,(H,17,21). The predicted octanol–water partition coefficient (Wildman–Crippen LogP) is 1.65. The van der Waals surface area contributed by atoms with E-state index in [1.165, 1.54) is 6.07 Å². The summed E-state index contributed by atoms with van der Waals surface area (Å²) in [6.45, 7) is 8.94. The van der Waals surface area contributed by atoms with Gasteiger partial charge in [0.05, 0.1) is 6.54 Å². The van der Waals surface area contributed by atoms with Crippen LogP contribution in [0.4, 0.5) is 4.79 Å². The van der Waals surface area contributed by atoms with E-state index in [1.54, 1.807) is 16.5 Å². The van der Waals surface area contributed by atoms with Crippen molar-refractivity contribution in [3.8, 4) is 5.75 Å². The molecule has 0 bridgehead atoms. The highest BCUT2D eigenvalue weighted by Gasteiger charge is 2.29. The van der Waals surface area contributed by atoms with Gasteiger partial charge in [0.25, 0.3) is 5.56 Å². The zero-order chi connectivity index (χ0) is 16.5. The number of hydrogen-bond donors (Lipinski definition) is 1. The van der Waals surface area contributed by atoms with Gasteiger partial charge in [0.15, 0.2) is 0 Å². The Morgan fingerprint density at radius 2 is 2.05 bits per heavy atom. The number of carbonyl (C=O) groups excluding carboxylic acids is 1. The first kappa shape index (κ1) is 16.4. The fraction of sp³-hybridized carbons (Fsp3) is 0.625. The highest BCUT2D eigenvalue weighted by molar-refractivity contribution is 5.75. The Morgan fingerprint density at radius 3 is 2.64 bits per heavy atom. The van der Waals surface area contributed by atoms with Crippen LogP contribution in [-0.4, -0.2) is 40.2 Å². The molecule has 0 radical (unpaired) electrons. The number of hydrogen-bond acceptors (Lipinski definition) is 3. The van der Waals surface area contributed by atoms with Crippen LogP contribution in [0, 0.1) is 6.92 Å². The fourth-order valence-electron chi connectivity index (χ4n) is 2.41. The number of likely N-dealkylation sites (tertiary alicyclic amines) is 1. The molecular formula is C16H25N3O3. The van der Waals surface area contributed by atoms with Crippen molar-refractivity contribution in [2.45, 2.75) is 45.8 Å². The lowest BCUT2D eigenvalue weighted by Gasteiger charge is -2.25. The summed E-state index contributed by atoms with van der Waals surface area (Å²) in [6, 6.07) is 3.27. The van der Waals surface area contributed by atoms with E-state index in [0.717, 1.165) is 12.1 Å². The van der Waals surface area contributed by atoms with Crippen molar-refractivity contribution in [1.29, 1.82) is 0 Å². The van der Waals surface area contributed by atoms with E-state index in [4.69, 9.17) is 4.74 Å². The summed E-state index contributed by atoms with van der Waals surface area (Å²) >= 11 is 0. The largest absolute Gasteiger partial charge is 0.488 e. The van der Waals surface area contributed by atoms with Crippen LogP contribution in [-0.2, 0) is 7.05 Å². The average Bonchev–Trinajstić information content (AvgIpc) is 2.82. The van der Waals surface area contributed by atoms with Crippen molar-refractivity contribution >= 4 is 6.03 Å². The van der Waals surface area contributed by atoms with Crippen molar-refractivity contribution in [1.82, 2.24) is 14.8 Å². The SMILES string of the molecule is Cc1cc(OC2CCN(C(=O)NC(C)(C)C)C2)cc(=O)n1C. The lowest BCUT2D eigenvalue weighted by atomic mass is 10.1. The van der Waals surface area contributed by atoms with Crippen molar-refractivity contribution in [3.05, 3.63) is 28.2 Å². The molecule has 6 nitrogen and oxygen atoms in total. The molecule has 1 aromatic rings. The quantitative estimate of drug-likeness (QED) is 0.903. The van der Waals surface area contributed by atoms with Crippen LogP contribution in [0.15, 0.2) is 16.9 Å². The Kier molecular flexibility index (Phi) is 4.49. The summed E-state index contributed by atoms with van der Waals surface area (Å²) in [6.07, 6.45) is 0.698. The molecule has 1 aliphatic rings. The van der Waals surface area contributed by atoms with Gasteiger partial charge in [-0.25, -0.2) is 4.79 Å². The minimum atomic E-state index is -0.251. The van der Waals surface area contributed by atoms with Gasteiger partial charge in [-0.3, -0.25) is 4.79 Å². The Hall–Kier alpha value is -1.98. The van der Waals surface area contributed by atoms with Crippen LogP contribution in [0.3, 0.4) is 0 Å². The molecule has 1 atom stereocenters. The Labute approximate surface area is 131 Å². The number of amides is 2. The van der Waals surface area contributed by atoms with Gasteiger partial charge >= 0.3 is 6.03 Å². The van der Waals surface area contributed by atoms with Crippen molar-refractivity contribution in [2.24, 2.45) is 7.05 Å². The summed E-state index contributed by atoms with van der Waals surface area (Å²) in [5, 5.41) is 2.95. The van der Waals surface area contributed by atoms with Gasteiger partial charge in [-0.2, -0.15) is 0 Å². The van der Waals surface area contributed by atoms with E-state index >= 15 is 0 Å². The monoisotopic (exact) mass is 307 g/mol. The summed E-state index contributed by atoms with van der Waals surface area (Å²) in [7, 11) is 1.73. The summed E-state index contributed by atoms with van der Waals surface area (Å²) < 4.78 is 7.44. The summed E-state index contributed by atoms with van der Waals surface area (Å²) in [5.74, 6) is 0.573. The molecule has 2 rings (SSSR count). The molecule has 0 spiro atoms. The molecule has 1 aliphatic heterocycles. The average molecular weight is 307 g/mol. The highest BCUT2D eigenvalue weighted by Crippen LogP contribution is 2.18. The number of rotatable bonds is 2. The van der Waals surface area contributed by atoms with Gasteiger partial charge in [-0.15, -0.1) is 0 Å². The number of nitrogens with zero attached hydrogens (tertiary/aromatic N) is 2. The molecule has 1 unspecified atom stereocenters. The topological polar surface area (TPSA) is 63.6 Å². The number of aryl methyl sites for hydroxylation is 1. The molecule has 1 fully saturated rings. The molecule has 0 aromatic carbocycles. The van der Waals surface area contributed by atoms with Crippen molar-refractivity contribution in [3.63, 3.8) is 0 Å². The number of pyridine rings is 1. The molecule has 1 N–H and O–H groups in total. The number of ether oxygens (including phenoxy) is 1. The number of urea groups is 1. The maximum atomic E-state index is 12.1. The Morgan fingerprint density at radius 1 is 1.36 bits per heavy atom. The van der Waals surface area contributed by atoms with Gasteiger partial charge in [0.1, 0.15) is 11.9 Å². The summed E-state index contributed by atoms with van der Waals surface area (Å²) in [5.41, 5.74) is 0.511. The van der Waals surface area contributed by atoms with Crippen molar-refractivity contribution in [2.75, 3.05) is 13.1 Å². The van der Waals surface area contributed by atoms with E-state index in [-0.39, 0.29) is 23.2 Å². The van der Waals surface area contributed by atoms with Crippen LogP contribution in [0.25, 0.3) is 0 Å². The fourth-order valence-corrected chi connectivity index (χ4v) is 2.41. The zero-order valence-electron chi connectivity index (χ0n) is 14.0. The zero-order valence-corrected chi connectivity index (χ0v) is 14.0. The second-order valence-electron chi connectivity index (χ2n) is 6.88. The van der Waals surface area contributed by atoms with Gasteiger partial charge in [-0.1, -0.05) is 0 Å². The van der Waals surface area contributed by atoms with Crippen LogP contribution in [0.2, 0.25) is 0 Å². The molecule has 2 amide bonds. The summed E-state index contributed by atoms with van der Waals surface area (Å²) in [4.78, 5) is 25.6. The first-order valence-corrected chi connectivity index (χ1v) is 7.57. The molecule has 0 aliphatic carbocycles. The highest BCUT2D eigenvalue weighted by atomic mass is 16.5. The van der Waals surface area contributed by atoms with Crippen LogP contribution in [0.5, 0.6) is 5.75 Å². The van der Waals surface area contributed by atoms with Crippen LogP contribution >= 0.6 is 0 Å². The van der Waals surface area contributed by atoms with E-state index in [0.29, 0.717) is 18.8 Å². The molecule has 1 saturated heterocycles. The van der Waals surface area contributed by atoms with E-state index in [1.807, 2.05) is 33.8 Å². The van der Waals surface area contributed by atoms with Crippen molar-refractivity contribution < 1.29 is 9.53 Å². The second kappa shape index (κ2) is 6.02. The van der Waals surface area contributed by atoms with Crippen LogP contribution < -0.4 is 15.6 Å². The molecule has 1 aromatic heterocycles. The van der Waals surface area contributed by atoms with E-state index < -0.39 is 0 Å². The lowest BCUT2D eigenvalue weighted by molar-refractivity contribution is 0.180. The molecule has 122 valence electrons. The maximum Gasteiger partial charge on any atom is 0.317 e. The molecule has 0 saturated carbocycles. The van der Waals surface area contributed by atoms with Gasteiger partial charge < -0.3 is 19.5 Å². The second-order valence-corrected chi connectivity index (χ2v) is 6.88. The van der Waals surface area contributed by atoms with Gasteiger partial charge in [0.2, 0.25) is 0 Å². The maximum absolute atomic E-state index is 12.1. The minimum absolute atomic E-state index is 0.0706. The Balaban J connectivity index is 1.97. The first-order valence-electron chi connectivity index (χ1n) is 7.57. The number of aromatic nitrogens is 1. The third-order valence-electron chi connectivity index (χ3n) is 3.69. The molecule has 6 heteroatoms. The third kappa shape index (κ3) is 4.02. The van der Waals surface area contributed by atoms with Gasteiger partial charge in [-0.05, 0) is 33.8 Å². The Bertz CT molecular complexity index is 616. The molecular weight excluding hydrogens is 282 g/mol. The lowest BCUT2D eigenvalue weighted by Crippen LogP contribution is -2.48.